The summed E-state index contributed by atoms with van der Waals surface area (Å²) in [7, 11) is -3.79. The monoisotopic (exact) mass is 435 g/mol. The fourth-order valence-electron chi connectivity index (χ4n) is 3.53. The van der Waals surface area contributed by atoms with E-state index in [2.05, 4.69) is 4.74 Å². The first-order chi connectivity index (χ1) is 14.1. The highest BCUT2D eigenvalue weighted by atomic mass is 32.2. The van der Waals surface area contributed by atoms with Crippen LogP contribution in [0.4, 0.5) is 13.2 Å². The van der Waals surface area contributed by atoms with E-state index in [9.17, 15) is 21.6 Å². The third-order valence-corrected chi connectivity index (χ3v) is 5.33. The molecular formula is C21H16F3NO4S. The first-order valence-electron chi connectivity index (χ1n) is 8.85. The smallest absolute Gasteiger partial charge is 0.480 e. The zero-order valence-electron chi connectivity index (χ0n) is 15.4. The Hall–Kier alpha value is -3.04. The summed E-state index contributed by atoms with van der Waals surface area (Å²) in [5.74, 6) is -0.570. The molecule has 1 atom stereocenters. The molecule has 0 aliphatic carbocycles. The van der Waals surface area contributed by atoms with Crippen LogP contribution < -0.4 is 14.6 Å². The minimum atomic E-state index is -4.88. The van der Waals surface area contributed by atoms with Crippen LogP contribution in [0, 0.1) is 0 Å². The number of ether oxygens (including phenoxy) is 2. The summed E-state index contributed by atoms with van der Waals surface area (Å²) in [5.41, 5.74) is 2.30. The molecule has 1 heterocycles. The van der Waals surface area contributed by atoms with Gasteiger partial charge in [-0.3, -0.25) is 0 Å². The number of rotatable bonds is 4. The van der Waals surface area contributed by atoms with Crippen molar-refractivity contribution >= 4 is 10.0 Å². The van der Waals surface area contributed by atoms with Crippen molar-refractivity contribution in [3.8, 4) is 22.6 Å². The van der Waals surface area contributed by atoms with E-state index < -0.39 is 34.0 Å². The van der Waals surface area contributed by atoms with Gasteiger partial charge in [0.1, 0.15) is 17.6 Å². The third kappa shape index (κ3) is 4.27. The van der Waals surface area contributed by atoms with E-state index >= 15 is 0 Å². The summed E-state index contributed by atoms with van der Waals surface area (Å²) in [6.07, 6.45) is -5.52. The summed E-state index contributed by atoms with van der Waals surface area (Å²) in [6.45, 7) is 0. The molecule has 0 amide bonds. The Morgan fingerprint density at radius 1 is 1.00 bits per heavy atom. The topological polar surface area (TPSA) is 78.6 Å². The van der Waals surface area contributed by atoms with Crippen molar-refractivity contribution in [3.63, 3.8) is 0 Å². The van der Waals surface area contributed by atoms with E-state index in [4.69, 9.17) is 9.88 Å². The second-order valence-corrected chi connectivity index (χ2v) is 8.43. The lowest BCUT2D eigenvalue weighted by Gasteiger charge is -2.31. The van der Waals surface area contributed by atoms with Crippen molar-refractivity contribution in [2.75, 3.05) is 0 Å². The highest BCUT2D eigenvalue weighted by Gasteiger charge is 2.36. The minimum Gasteiger partial charge on any atom is -0.480 e. The zero-order valence-corrected chi connectivity index (χ0v) is 16.2. The van der Waals surface area contributed by atoms with Gasteiger partial charge in [-0.05, 0) is 28.8 Å². The van der Waals surface area contributed by atoms with E-state index in [0.717, 1.165) is 5.56 Å². The third-order valence-electron chi connectivity index (χ3n) is 4.60. The molecule has 3 aromatic carbocycles. The average Bonchev–Trinajstić information content (AvgIpc) is 2.65. The molecule has 156 valence electrons. The van der Waals surface area contributed by atoms with Gasteiger partial charge in [-0.1, -0.05) is 54.6 Å². The van der Waals surface area contributed by atoms with Crippen LogP contribution in [0.1, 0.15) is 22.8 Å². The second kappa shape index (κ2) is 7.33. The SMILES string of the molecule is NS(=O)(=O)Cc1ccc2c(c1)C(c1ccccc1)Oc1cccc(OC(F)(F)F)c1-2. The Morgan fingerprint density at radius 2 is 1.73 bits per heavy atom. The molecule has 2 N–H and O–H groups in total. The van der Waals surface area contributed by atoms with Gasteiger partial charge in [-0.15, -0.1) is 13.2 Å². The molecule has 0 radical (unpaired) electrons. The number of fused-ring (bicyclic) bond motifs is 3. The number of benzene rings is 3. The fourth-order valence-corrected chi connectivity index (χ4v) is 4.17. The number of hydrogen-bond donors (Lipinski definition) is 1. The van der Waals surface area contributed by atoms with E-state index in [1.54, 1.807) is 18.2 Å². The van der Waals surface area contributed by atoms with E-state index in [0.29, 0.717) is 16.7 Å². The van der Waals surface area contributed by atoms with Gasteiger partial charge in [0.25, 0.3) is 0 Å². The Kier molecular flexibility index (Phi) is 4.95. The highest BCUT2D eigenvalue weighted by Crippen LogP contribution is 2.49. The van der Waals surface area contributed by atoms with Crippen LogP contribution in [0.2, 0.25) is 0 Å². The van der Waals surface area contributed by atoms with Crippen molar-refractivity contribution in [1.82, 2.24) is 0 Å². The van der Waals surface area contributed by atoms with Crippen LogP contribution >= 0.6 is 0 Å². The quantitative estimate of drug-likeness (QED) is 0.654. The molecule has 0 bridgehead atoms. The van der Waals surface area contributed by atoms with Crippen molar-refractivity contribution in [1.29, 1.82) is 0 Å². The molecule has 0 saturated carbocycles. The Labute approximate surface area is 170 Å². The summed E-state index contributed by atoms with van der Waals surface area (Å²) >= 11 is 0. The molecule has 9 heteroatoms. The van der Waals surface area contributed by atoms with E-state index in [1.165, 1.54) is 18.2 Å². The molecule has 1 aliphatic heterocycles. The Balaban J connectivity index is 1.91. The van der Waals surface area contributed by atoms with Gasteiger partial charge < -0.3 is 9.47 Å². The standard InChI is InChI=1S/C21H16F3NO4S/c22-21(23,24)29-18-8-4-7-17-19(18)15-10-9-13(12-30(25,26)27)11-16(15)20(28-17)14-5-2-1-3-6-14/h1-11,20H,12H2,(H2,25,26,27). The van der Waals surface area contributed by atoms with Gasteiger partial charge in [0.05, 0.1) is 11.3 Å². The maximum Gasteiger partial charge on any atom is 0.573 e. The summed E-state index contributed by atoms with van der Waals surface area (Å²) in [4.78, 5) is 0. The van der Waals surface area contributed by atoms with Crippen LogP contribution in [-0.4, -0.2) is 14.8 Å². The van der Waals surface area contributed by atoms with Crippen LogP contribution in [0.3, 0.4) is 0 Å². The molecule has 30 heavy (non-hydrogen) atoms. The van der Waals surface area contributed by atoms with Crippen molar-refractivity contribution < 1.29 is 31.1 Å². The maximum atomic E-state index is 12.9. The lowest BCUT2D eigenvalue weighted by Crippen LogP contribution is -2.21. The molecule has 0 spiro atoms. The van der Waals surface area contributed by atoms with Gasteiger partial charge in [-0.25, -0.2) is 13.6 Å². The van der Waals surface area contributed by atoms with Gasteiger partial charge in [0, 0.05) is 5.56 Å². The molecule has 0 aromatic heterocycles. The number of primary sulfonamides is 1. The zero-order chi connectivity index (χ0) is 21.5. The predicted molar refractivity (Wildman–Crippen MR) is 104 cm³/mol. The predicted octanol–water partition coefficient (Wildman–Crippen LogP) is 4.52. The van der Waals surface area contributed by atoms with Crippen LogP contribution in [0.5, 0.6) is 11.5 Å². The van der Waals surface area contributed by atoms with Gasteiger partial charge in [0.2, 0.25) is 10.0 Å². The molecular weight excluding hydrogens is 419 g/mol. The first-order valence-corrected chi connectivity index (χ1v) is 10.6. The van der Waals surface area contributed by atoms with Crippen LogP contribution in [-0.2, 0) is 15.8 Å². The number of halogens is 3. The minimum absolute atomic E-state index is 0.152. The summed E-state index contributed by atoms with van der Waals surface area (Å²) in [6, 6.07) is 18.0. The van der Waals surface area contributed by atoms with Crippen molar-refractivity contribution in [2.45, 2.75) is 18.2 Å². The largest absolute Gasteiger partial charge is 0.573 e. The molecule has 1 aliphatic rings. The van der Waals surface area contributed by atoms with Crippen molar-refractivity contribution in [2.24, 2.45) is 5.14 Å². The fraction of sp³-hybridized carbons (Fsp3) is 0.143. The normalized spacial score (nSPS) is 15.7. The molecule has 4 rings (SSSR count). The number of sulfonamides is 1. The lowest BCUT2D eigenvalue weighted by molar-refractivity contribution is -0.274. The van der Waals surface area contributed by atoms with Gasteiger partial charge in [0.15, 0.2) is 0 Å². The molecule has 1 unspecified atom stereocenters. The van der Waals surface area contributed by atoms with Crippen LogP contribution in [0.25, 0.3) is 11.1 Å². The maximum absolute atomic E-state index is 12.9. The van der Waals surface area contributed by atoms with E-state index in [-0.39, 0.29) is 11.3 Å². The number of hydrogen-bond acceptors (Lipinski definition) is 4. The molecule has 0 fully saturated rings. The average molecular weight is 435 g/mol. The lowest BCUT2D eigenvalue weighted by atomic mass is 9.88. The Bertz CT molecular complexity index is 1190. The Morgan fingerprint density at radius 3 is 2.40 bits per heavy atom. The van der Waals surface area contributed by atoms with Crippen molar-refractivity contribution in [3.05, 3.63) is 83.4 Å². The molecule has 3 aromatic rings. The first kappa shape index (κ1) is 20.2. The van der Waals surface area contributed by atoms with E-state index in [1.807, 2.05) is 30.3 Å². The molecule has 5 nitrogen and oxygen atoms in total. The number of nitrogens with two attached hydrogens (primary N) is 1. The summed E-state index contributed by atoms with van der Waals surface area (Å²) < 4.78 is 72.1. The highest BCUT2D eigenvalue weighted by molar-refractivity contribution is 7.88. The van der Waals surface area contributed by atoms with Gasteiger partial charge in [-0.2, -0.15) is 0 Å². The van der Waals surface area contributed by atoms with Gasteiger partial charge >= 0.3 is 6.36 Å². The van der Waals surface area contributed by atoms with Crippen LogP contribution in [0.15, 0.2) is 66.7 Å². The second-order valence-electron chi connectivity index (χ2n) is 6.81. The summed E-state index contributed by atoms with van der Waals surface area (Å²) in [5, 5.41) is 5.16. The molecule has 0 saturated heterocycles. The number of alkyl halides is 3.